The number of nitrogen functional groups attached to an aromatic ring is 1. The first kappa shape index (κ1) is 27.3. The second-order valence-electron chi connectivity index (χ2n) is 11.2. The molecule has 4 unspecified atom stereocenters. The normalized spacial score (nSPS) is 24.2. The number of para-hydroxylation sites is 1. The summed E-state index contributed by atoms with van der Waals surface area (Å²) in [6.45, 7) is 8.42. The van der Waals surface area contributed by atoms with Crippen LogP contribution in [0.5, 0.6) is 5.75 Å². The zero-order valence-corrected chi connectivity index (χ0v) is 23.9. The van der Waals surface area contributed by atoms with E-state index in [1.807, 2.05) is 24.4 Å². The van der Waals surface area contributed by atoms with Gasteiger partial charge < -0.3 is 25.4 Å². The predicted octanol–water partition coefficient (Wildman–Crippen LogP) is 3.92. The standard InChI is InChI=1S/C32H39N7O2/c1-3-23-20-41-21-24(4-2)38(23)15-7-8-22-16-25(13-14-34-22)39-26-11-12-27(39)19-37(18-26)30-17-29(35-36-32(30)33)28-9-5-6-10-31(28)40/h5-6,9-10,13-14,16-17,23-24,26-27,40H,3-4,11-12,15,18-21H2,1-2H3,(H2,33,36). The Morgan fingerprint density at radius 2 is 1.73 bits per heavy atom. The van der Waals surface area contributed by atoms with Crippen molar-refractivity contribution in [2.24, 2.45) is 0 Å². The number of fused-ring (bicyclic) bond motifs is 2. The molecular formula is C32H39N7O2. The van der Waals surface area contributed by atoms with Crippen LogP contribution >= 0.6 is 0 Å². The van der Waals surface area contributed by atoms with Crippen LogP contribution in [0, 0.1) is 11.8 Å². The number of aromatic hydroxyl groups is 1. The van der Waals surface area contributed by atoms with E-state index in [2.05, 4.69) is 67.7 Å². The molecule has 0 spiro atoms. The van der Waals surface area contributed by atoms with Crippen molar-refractivity contribution in [1.82, 2.24) is 20.1 Å². The fourth-order valence-corrected chi connectivity index (χ4v) is 6.65. The van der Waals surface area contributed by atoms with Crippen molar-refractivity contribution >= 4 is 17.2 Å². The van der Waals surface area contributed by atoms with Crippen molar-refractivity contribution in [2.45, 2.75) is 63.7 Å². The average molecular weight is 554 g/mol. The summed E-state index contributed by atoms with van der Waals surface area (Å²) >= 11 is 0. The molecular weight excluding hydrogens is 514 g/mol. The van der Waals surface area contributed by atoms with Crippen LogP contribution in [0.1, 0.15) is 45.2 Å². The maximum absolute atomic E-state index is 10.3. The predicted molar refractivity (Wildman–Crippen MR) is 162 cm³/mol. The van der Waals surface area contributed by atoms with Crippen LogP contribution < -0.4 is 15.5 Å². The maximum Gasteiger partial charge on any atom is 0.169 e. The quantitative estimate of drug-likeness (QED) is 0.440. The summed E-state index contributed by atoms with van der Waals surface area (Å²) in [5.41, 5.74) is 10.5. The zero-order chi connectivity index (χ0) is 28.3. The summed E-state index contributed by atoms with van der Waals surface area (Å²) in [6, 6.07) is 14.9. The highest BCUT2D eigenvalue weighted by Crippen LogP contribution is 2.39. The minimum atomic E-state index is 0.180. The van der Waals surface area contributed by atoms with Crippen molar-refractivity contribution in [3.05, 3.63) is 54.4 Å². The van der Waals surface area contributed by atoms with Gasteiger partial charge in [-0.25, -0.2) is 4.98 Å². The van der Waals surface area contributed by atoms with Crippen LogP contribution in [-0.4, -0.2) is 82.2 Å². The summed E-state index contributed by atoms with van der Waals surface area (Å²) in [5.74, 6) is 7.35. The number of phenolic OH excluding ortho intramolecular Hbond substituents is 1. The molecule has 3 aliphatic rings. The molecule has 3 saturated heterocycles. The van der Waals surface area contributed by atoms with Crippen LogP contribution in [-0.2, 0) is 4.74 Å². The molecule has 3 aliphatic heterocycles. The van der Waals surface area contributed by atoms with Crippen molar-refractivity contribution in [3.63, 3.8) is 0 Å². The van der Waals surface area contributed by atoms with Crippen molar-refractivity contribution in [2.75, 3.05) is 48.4 Å². The number of nitrogens with zero attached hydrogens (tertiary/aromatic N) is 6. The number of phenols is 1. The molecule has 9 nitrogen and oxygen atoms in total. The molecule has 1 aromatic carbocycles. The Kier molecular flexibility index (Phi) is 7.95. The summed E-state index contributed by atoms with van der Waals surface area (Å²) in [5, 5.41) is 18.8. The van der Waals surface area contributed by atoms with Crippen LogP contribution in [0.3, 0.4) is 0 Å². The van der Waals surface area contributed by atoms with Gasteiger partial charge >= 0.3 is 0 Å². The van der Waals surface area contributed by atoms with Crippen LogP contribution in [0.15, 0.2) is 48.7 Å². The first-order valence-corrected chi connectivity index (χ1v) is 14.8. The molecule has 3 aromatic rings. The maximum atomic E-state index is 10.3. The van der Waals surface area contributed by atoms with E-state index in [4.69, 9.17) is 10.5 Å². The highest BCUT2D eigenvalue weighted by molar-refractivity contribution is 5.74. The second-order valence-corrected chi connectivity index (χ2v) is 11.2. The second kappa shape index (κ2) is 11.9. The summed E-state index contributed by atoms with van der Waals surface area (Å²) in [4.78, 5) is 11.9. The minimum absolute atomic E-state index is 0.180. The van der Waals surface area contributed by atoms with Gasteiger partial charge in [0.1, 0.15) is 11.4 Å². The molecule has 3 fully saturated rings. The van der Waals surface area contributed by atoms with E-state index in [0.717, 1.165) is 69.9 Å². The van der Waals surface area contributed by atoms with Gasteiger partial charge in [-0.3, -0.25) is 4.90 Å². The zero-order valence-electron chi connectivity index (χ0n) is 23.9. The fourth-order valence-electron chi connectivity index (χ4n) is 6.65. The number of aromatic nitrogens is 3. The molecule has 0 aliphatic carbocycles. The SMILES string of the molecule is CCC1COCC(CC)N1CC#Cc1cc(N2C3CCC2CN(c2cc(-c4ccccc4O)nnc2N)C3)ccn1. The number of benzene rings is 1. The molecule has 9 heteroatoms. The lowest BCUT2D eigenvalue weighted by atomic mass is 10.1. The molecule has 41 heavy (non-hydrogen) atoms. The first-order valence-electron chi connectivity index (χ1n) is 14.8. The van der Waals surface area contributed by atoms with E-state index < -0.39 is 0 Å². The molecule has 2 aromatic heterocycles. The monoisotopic (exact) mass is 553 g/mol. The lowest BCUT2D eigenvalue weighted by Gasteiger charge is -2.43. The third-order valence-electron chi connectivity index (χ3n) is 8.82. The lowest BCUT2D eigenvalue weighted by Crippen LogP contribution is -2.54. The third-order valence-corrected chi connectivity index (χ3v) is 8.82. The van der Waals surface area contributed by atoms with Crippen LogP contribution in [0.2, 0.25) is 0 Å². The summed E-state index contributed by atoms with van der Waals surface area (Å²) in [6.07, 6.45) is 6.25. The first-order chi connectivity index (χ1) is 20.1. The molecule has 4 atom stereocenters. The molecule has 0 radical (unpaired) electrons. The number of nitrogens with two attached hydrogens (primary N) is 1. The van der Waals surface area contributed by atoms with E-state index in [9.17, 15) is 5.11 Å². The molecule has 6 rings (SSSR count). The minimum Gasteiger partial charge on any atom is -0.507 e. The number of anilines is 3. The number of ether oxygens (including phenoxy) is 1. The molecule has 3 N–H and O–H groups in total. The Hall–Kier alpha value is -3.87. The fraction of sp³-hybridized carbons (Fsp3) is 0.469. The number of rotatable bonds is 6. The number of morpholine rings is 1. The Labute approximate surface area is 242 Å². The van der Waals surface area contributed by atoms with E-state index in [-0.39, 0.29) is 5.75 Å². The Morgan fingerprint density at radius 1 is 1.00 bits per heavy atom. The van der Waals surface area contributed by atoms with Crippen molar-refractivity contribution in [1.29, 1.82) is 0 Å². The third kappa shape index (κ3) is 5.54. The van der Waals surface area contributed by atoms with Gasteiger partial charge in [0, 0.05) is 54.7 Å². The average Bonchev–Trinajstić information content (AvgIpc) is 3.27. The van der Waals surface area contributed by atoms with E-state index >= 15 is 0 Å². The van der Waals surface area contributed by atoms with Crippen LogP contribution in [0.25, 0.3) is 11.3 Å². The highest BCUT2D eigenvalue weighted by Gasteiger charge is 2.41. The number of pyridine rings is 1. The molecule has 214 valence electrons. The molecule has 2 bridgehead atoms. The number of hydrogen-bond donors (Lipinski definition) is 2. The topological polar surface area (TPSA) is 104 Å². The van der Waals surface area contributed by atoms with Gasteiger partial charge in [0.2, 0.25) is 0 Å². The van der Waals surface area contributed by atoms with Gasteiger partial charge in [0.05, 0.1) is 31.1 Å². The van der Waals surface area contributed by atoms with Gasteiger partial charge in [0.25, 0.3) is 0 Å². The van der Waals surface area contributed by atoms with Gasteiger partial charge in [-0.05, 0) is 61.9 Å². The van der Waals surface area contributed by atoms with E-state index in [1.165, 1.54) is 5.69 Å². The Balaban J connectivity index is 1.17. The largest absolute Gasteiger partial charge is 0.507 e. The van der Waals surface area contributed by atoms with Gasteiger partial charge in [-0.1, -0.05) is 31.9 Å². The van der Waals surface area contributed by atoms with E-state index in [1.54, 1.807) is 12.1 Å². The van der Waals surface area contributed by atoms with E-state index in [0.29, 0.717) is 41.2 Å². The van der Waals surface area contributed by atoms with Gasteiger partial charge in [0.15, 0.2) is 5.82 Å². The highest BCUT2D eigenvalue weighted by atomic mass is 16.5. The lowest BCUT2D eigenvalue weighted by molar-refractivity contribution is -0.0445. The molecule has 5 heterocycles. The summed E-state index contributed by atoms with van der Waals surface area (Å²) < 4.78 is 5.82. The Bertz CT molecular complexity index is 1410. The molecule has 0 saturated carbocycles. The summed E-state index contributed by atoms with van der Waals surface area (Å²) in [7, 11) is 0. The smallest absolute Gasteiger partial charge is 0.169 e. The van der Waals surface area contributed by atoms with Crippen molar-refractivity contribution < 1.29 is 9.84 Å². The Morgan fingerprint density at radius 3 is 2.44 bits per heavy atom. The van der Waals surface area contributed by atoms with Gasteiger partial charge in [-0.2, -0.15) is 0 Å². The van der Waals surface area contributed by atoms with Crippen LogP contribution in [0.4, 0.5) is 17.2 Å². The molecule has 0 amide bonds. The van der Waals surface area contributed by atoms with Crippen molar-refractivity contribution in [3.8, 4) is 28.8 Å². The number of hydrogen-bond acceptors (Lipinski definition) is 9. The van der Waals surface area contributed by atoms with Gasteiger partial charge in [-0.15, -0.1) is 10.2 Å². The number of piperazine rings is 1.